The van der Waals surface area contributed by atoms with E-state index in [1.165, 1.54) is 64.2 Å². The Bertz CT molecular complexity index is 240. The maximum atomic E-state index is 4.02. The summed E-state index contributed by atoms with van der Waals surface area (Å²) in [5, 5.41) is 4.02. The van der Waals surface area contributed by atoms with Gasteiger partial charge in [-0.15, -0.1) is 0 Å². The molecule has 2 aliphatic carbocycles. The van der Waals surface area contributed by atoms with Crippen LogP contribution in [0.5, 0.6) is 0 Å². The van der Waals surface area contributed by atoms with E-state index in [1.807, 2.05) is 0 Å². The summed E-state index contributed by atoms with van der Waals surface area (Å²) in [5.74, 6) is 2.89. The highest BCUT2D eigenvalue weighted by Crippen LogP contribution is 2.31. The van der Waals surface area contributed by atoms with Crippen LogP contribution in [-0.4, -0.2) is 12.1 Å². The number of nitrogens with one attached hydrogen (secondary N) is 1. The first-order valence-corrected chi connectivity index (χ1v) is 8.93. The molecule has 1 nitrogen and oxygen atoms in total. The Balaban J connectivity index is 1.76. The Morgan fingerprint density at radius 2 is 1.58 bits per heavy atom. The van der Waals surface area contributed by atoms with Crippen molar-refractivity contribution in [3.63, 3.8) is 0 Å². The molecule has 2 fully saturated rings. The van der Waals surface area contributed by atoms with Crippen LogP contribution in [0.2, 0.25) is 0 Å². The average molecular weight is 265 g/mol. The van der Waals surface area contributed by atoms with Gasteiger partial charge in [-0.2, -0.15) is 0 Å². The molecule has 0 aromatic carbocycles. The van der Waals surface area contributed by atoms with E-state index in [4.69, 9.17) is 0 Å². The monoisotopic (exact) mass is 265 g/mol. The van der Waals surface area contributed by atoms with Crippen LogP contribution in [0.1, 0.15) is 85.0 Å². The van der Waals surface area contributed by atoms with Crippen molar-refractivity contribution in [1.82, 2.24) is 5.32 Å². The second-order valence-electron chi connectivity index (χ2n) is 7.64. The lowest BCUT2D eigenvalue weighted by Gasteiger charge is -2.34. The first-order valence-electron chi connectivity index (χ1n) is 8.93. The van der Waals surface area contributed by atoms with Gasteiger partial charge in [-0.25, -0.2) is 0 Å². The average Bonchev–Trinajstić information content (AvgIpc) is 2.54. The van der Waals surface area contributed by atoms with E-state index >= 15 is 0 Å². The van der Waals surface area contributed by atoms with Crippen molar-refractivity contribution in [1.29, 1.82) is 0 Å². The molecule has 0 radical (unpaired) electrons. The highest BCUT2D eigenvalue weighted by Gasteiger charge is 2.26. The maximum absolute atomic E-state index is 4.02. The summed E-state index contributed by atoms with van der Waals surface area (Å²) in [5.41, 5.74) is 0. The highest BCUT2D eigenvalue weighted by atomic mass is 15.0. The number of rotatable bonds is 4. The van der Waals surface area contributed by atoms with Gasteiger partial charge in [0.15, 0.2) is 0 Å². The summed E-state index contributed by atoms with van der Waals surface area (Å²) in [7, 11) is 0. The number of hydrogen-bond acceptors (Lipinski definition) is 1. The quantitative estimate of drug-likeness (QED) is 0.693. The lowest BCUT2D eigenvalue weighted by atomic mass is 9.80. The Kier molecular flexibility index (Phi) is 6.19. The van der Waals surface area contributed by atoms with Gasteiger partial charge in [0.25, 0.3) is 0 Å². The van der Waals surface area contributed by atoms with E-state index in [0.29, 0.717) is 0 Å². The third kappa shape index (κ3) is 5.10. The molecule has 112 valence electrons. The zero-order valence-electron chi connectivity index (χ0n) is 13.5. The fourth-order valence-electron chi connectivity index (χ4n) is 4.66. The molecule has 0 spiro atoms. The molecule has 0 heterocycles. The van der Waals surface area contributed by atoms with Crippen molar-refractivity contribution in [2.24, 2.45) is 17.8 Å². The van der Waals surface area contributed by atoms with Gasteiger partial charge >= 0.3 is 0 Å². The van der Waals surface area contributed by atoms with Crippen LogP contribution in [0, 0.1) is 17.8 Å². The topological polar surface area (TPSA) is 12.0 Å². The minimum Gasteiger partial charge on any atom is -0.311 e. The summed E-state index contributed by atoms with van der Waals surface area (Å²) in [6, 6.07) is 1.64. The summed E-state index contributed by atoms with van der Waals surface area (Å²) < 4.78 is 0. The maximum Gasteiger partial charge on any atom is 0.00747 e. The molecule has 0 aromatic heterocycles. The third-order valence-electron chi connectivity index (χ3n) is 5.44. The van der Waals surface area contributed by atoms with Gasteiger partial charge in [-0.05, 0) is 56.3 Å². The predicted molar refractivity (Wildman–Crippen MR) is 84.4 cm³/mol. The molecular weight excluding hydrogens is 230 g/mol. The molecule has 0 amide bonds. The van der Waals surface area contributed by atoms with Gasteiger partial charge < -0.3 is 5.32 Å². The highest BCUT2D eigenvalue weighted by molar-refractivity contribution is 4.84. The van der Waals surface area contributed by atoms with Crippen molar-refractivity contribution in [2.75, 3.05) is 0 Å². The molecule has 4 atom stereocenters. The second kappa shape index (κ2) is 7.67. The third-order valence-corrected chi connectivity index (χ3v) is 5.44. The van der Waals surface area contributed by atoms with Crippen molar-refractivity contribution in [3.05, 3.63) is 0 Å². The lowest BCUT2D eigenvalue weighted by molar-refractivity contribution is 0.219. The number of hydrogen-bond donors (Lipinski definition) is 1. The molecule has 19 heavy (non-hydrogen) atoms. The molecule has 0 saturated heterocycles. The van der Waals surface area contributed by atoms with Gasteiger partial charge in [-0.3, -0.25) is 0 Å². The lowest BCUT2D eigenvalue weighted by Crippen LogP contribution is -2.42. The fraction of sp³-hybridized carbons (Fsp3) is 1.00. The van der Waals surface area contributed by atoms with Crippen LogP contribution in [0.4, 0.5) is 0 Å². The summed E-state index contributed by atoms with van der Waals surface area (Å²) in [6.45, 7) is 7.22. The zero-order chi connectivity index (χ0) is 13.7. The largest absolute Gasteiger partial charge is 0.311 e. The Morgan fingerprint density at radius 3 is 2.26 bits per heavy atom. The first kappa shape index (κ1) is 15.4. The molecule has 0 aliphatic heterocycles. The Labute approximate surface area is 120 Å². The van der Waals surface area contributed by atoms with Gasteiger partial charge in [-0.1, -0.05) is 46.5 Å². The van der Waals surface area contributed by atoms with Crippen LogP contribution in [0.25, 0.3) is 0 Å². The minimum absolute atomic E-state index is 0.812. The molecule has 1 heteroatoms. The first-order chi connectivity index (χ1) is 9.17. The van der Waals surface area contributed by atoms with E-state index in [9.17, 15) is 0 Å². The van der Waals surface area contributed by atoms with E-state index < -0.39 is 0 Å². The summed E-state index contributed by atoms with van der Waals surface area (Å²) >= 11 is 0. The second-order valence-corrected chi connectivity index (χ2v) is 7.64. The summed E-state index contributed by atoms with van der Waals surface area (Å²) in [6.07, 6.45) is 14.4. The van der Waals surface area contributed by atoms with E-state index in [0.717, 1.165) is 29.8 Å². The molecular formula is C18H35N. The van der Waals surface area contributed by atoms with Crippen LogP contribution in [0.3, 0.4) is 0 Å². The van der Waals surface area contributed by atoms with Gasteiger partial charge in [0.1, 0.15) is 0 Å². The van der Waals surface area contributed by atoms with Crippen molar-refractivity contribution >= 4 is 0 Å². The van der Waals surface area contributed by atoms with Crippen molar-refractivity contribution in [2.45, 2.75) is 97.1 Å². The van der Waals surface area contributed by atoms with Crippen molar-refractivity contribution in [3.8, 4) is 0 Å². The molecule has 1 N–H and O–H groups in total. The Hall–Kier alpha value is -0.0400. The zero-order valence-corrected chi connectivity index (χ0v) is 13.5. The van der Waals surface area contributed by atoms with E-state index in [-0.39, 0.29) is 0 Å². The summed E-state index contributed by atoms with van der Waals surface area (Å²) in [4.78, 5) is 0. The smallest absolute Gasteiger partial charge is 0.00747 e. The van der Waals surface area contributed by atoms with Crippen LogP contribution < -0.4 is 5.32 Å². The van der Waals surface area contributed by atoms with E-state index in [2.05, 4.69) is 26.1 Å². The molecule has 0 bridgehead atoms. The molecule has 2 saturated carbocycles. The standard InChI is InChI=1S/C18H35N/c1-4-6-16-7-5-8-17(10-9-16)19-18-12-14(2)11-15(3)13-18/h14-19H,4-13H2,1-3H3. The van der Waals surface area contributed by atoms with Gasteiger partial charge in [0.2, 0.25) is 0 Å². The van der Waals surface area contributed by atoms with Crippen LogP contribution in [0.15, 0.2) is 0 Å². The normalized spacial score (nSPS) is 40.9. The predicted octanol–water partition coefficient (Wildman–Crippen LogP) is 5.15. The molecule has 0 aromatic rings. The fourth-order valence-corrected chi connectivity index (χ4v) is 4.66. The van der Waals surface area contributed by atoms with Crippen LogP contribution >= 0.6 is 0 Å². The van der Waals surface area contributed by atoms with Crippen LogP contribution in [-0.2, 0) is 0 Å². The SMILES string of the molecule is CCCC1CCCC(NC2CC(C)CC(C)C2)CC1. The molecule has 2 aliphatic rings. The van der Waals surface area contributed by atoms with E-state index in [1.54, 1.807) is 0 Å². The Morgan fingerprint density at radius 1 is 0.842 bits per heavy atom. The van der Waals surface area contributed by atoms with Gasteiger partial charge in [0.05, 0.1) is 0 Å². The van der Waals surface area contributed by atoms with Gasteiger partial charge in [0, 0.05) is 12.1 Å². The molecule has 2 rings (SSSR count). The molecule has 4 unspecified atom stereocenters. The van der Waals surface area contributed by atoms with Crippen molar-refractivity contribution < 1.29 is 0 Å². The minimum atomic E-state index is 0.812.